The number of rotatable bonds is 7. The highest BCUT2D eigenvalue weighted by atomic mass is 35.5. The van der Waals surface area contributed by atoms with Crippen molar-refractivity contribution in [1.82, 2.24) is 14.5 Å². The molecule has 1 amide bonds. The predicted molar refractivity (Wildman–Crippen MR) is 122 cm³/mol. The summed E-state index contributed by atoms with van der Waals surface area (Å²) in [5, 5.41) is 1.74. The first-order chi connectivity index (χ1) is 15.0. The smallest absolute Gasteiger partial charge is 0.254 e. The lowest BCUT2D eigenvalue weighted by atomic mass is 10.2. The Morgan fingerprint density at radius 3 is 2.48 bits per heavy atom. The van der Waals surface area contributed by atoms with Crippen molar-refractivity contribution in [3.63, 3.8) is 0 Å². The quantitative estimate of drug-likeness (QED) is 0.314. The van der Waals surface area contributed by atoms with Gasteiger partial charge in [0.25, 0.3) is 5.91 Å². The average molecular weight is 475 g/mol. The molecule has 0 aliphatic rings. The Morgan fingerprint density at radius 1 is 1.00 bits per heavy atom. The van der Waals surface area contributed by atoms with Gasteiger partial charge in [-0.25, -0.2) is 4.98 Å². The van der Waals surface area contributed by atoms with Crippen molar-refractivity contribution in [3.8, 4) is 0 Å². The number of benzene rings is 2. The molecule has 0 unspecified atom stereocenters. The number of imidazole rings is 1. The van der Waals surface area contributed by atoms with E-state index in [0.717, 1.165) is 11.4 Å². The number of hydrogen-bond acceptors (Lipinski definition) is 3. The number of nitrogens with zero attached hydrogens (tertiary/aromatic N) is 3. The van der Waals surface area contributed by atoms with Crippen LogP contribution in [0.25, 0.3) is 0 Å². The van der Waals surface area contributed by atoms with E-state index in [0.29, 0.717) is 46.0 Å². The minimum atomic E-state index is -0.146. The summed E-state index contributed by atoms with van der Waals surface area (Å²) in [6.45, 7) is 1.11. The minimum Gasteiger partial charge on any atom is -0.467 e. The van der Waals surface area contributed by atoms with Crippen LogP contribution in [0.15, 0.2) is 77.7 Å². The van der Waals surface area contributed by atoms with E-state index in [9.17, 15) is 4.79 Å². The Labute approximate surface area is 194 Å². The lowest BCUT2D eigenvalue weighted by Crippen LogP contribution is -2.31. The Hall–Kier alpha value is -2.73. The van der Waals surface area contributed by atoms with Crippen molar-refractivity contribution >= 4 is 40.7 Å². The molecular weight excluding hydrogens is 457 g/mol. The number of amides is 1. The molecule has 0 spiro atoms. The van der Waals surface area contributed by atoms with E-state index in [1.54, 1.807) is 59.8 Å². The maximum atomic E-state index is 13.2. The molecule has 0 saturated heterocycles. The molecule has 0 aliphatic carbocycles. The molecule has 5 nitrogen and oxygen atoms in total. The molecule has 0 N–H and O–H groups in total. The van der Waals surface area contributed by atoms with Crippen LogP contribution in [0.2, 0.25) is 15.1 Å². The highest BCUT2D eigenvalue weighted by Gasteiger charge is 2.20. The number of hydrogen-bond donors (Lipinski definition) is 0. The molecule has 0 fully saturated rings. The first-order valence-electron chi connectivity index (χ1n) is 9.51. The van der Waals surface area contributed by atoms with Crippen LogP contribution in [0.5, 0.6) is 0 Å². The summed E-state index contributed by atoms with van der Waals surface area (Å²) >= 11 is 18.3. The molecule has 2 heterocycles. The minimum absolute atomic E-state index is 0.146. The van der Waals surface area contributed by atoms with Crippen LogP contribution in [-0.2, 0) is 19.6 Å². The zero-order valence-corrected chi connectivity index (χ0v) is 18.6. The van der Waals surface area contributed by atoms with Crippen molar-refractivity contribution in [2.45, 2.75) is 19.6 Å². The molecule has 158 valence electrons. The van der Waals surface area contributed by atoms with Crippen molar-refractivity contribution in [2.75, 3.05) is 0 Å². The zero-order chi connectivity index (χ0) is 21.8. The lowest BCUT2D eigenvalue weighted by molar-refractivity contribution is 0.0711. The van der Waals surface area contributed by atoms with Gasteiger partial charge in [-0.2, -0.15) is 0 Å². The molecule has 8 heteroatoms. The van der Waals surface area contributed by atoms with Gasteiger partial charge < -0.3 is 13.9 Å². The molecule has 2 aromatic heterocycles. The molecule has 2 aromatic carbocycles. The standard InChI is InChI=1S/C23H18Cl3N3O2/c24-18-6-3-16(4-7-18)23(30)29(14-20-2-1-11-31-20)15-22-27-9-10-28(22)13-17-5-8-19(25)12-21(17)26/h1-12H,13-15H2. The zero-order valence-electron chi connectivity index (χ0n) is 16.3. The van der Waals surface area contributed by atoms with Crippen LogP contribution < -0.4 is 0 Å². The molecule has 0 aliphatic heterocycles. The molecule has 0 atom stereocenters. The lowest BCUT2D eigenvalue weighted by Gasteiger charge is -2.22. The average Bonchev–Trinajstić information content (AvgIpc) is 3.42. The summed E-state index contributed by atoms with van der Waals surface area (Å²) in [4.78, 5) is 19.4. The first kappa shape index (κ1) is 21.5. The van der Waals surface area contributed by atoms with Gasteiger partial charge in [-0.15, -0.1) is 0 Å². The second kappa shape index (κ2) is 9.60. The van der Waals surface area contributed by atoms with Gasteiger partial charge in [-0.1, -0.05) is 40.9 Å². The second-order valence-corrected chi connectivity index (χ2v) is 8.23. The topological polar surface area (TPSA) is 51.3 Å². The second-order valence-electron chi connectivity index (χ2n) is 6.95. The van der Waals surface area contributed by atoms with Crippen LogP contribution >= 0.6 is 34.8 Å². The summed E-state index contributed by atoms with van der Waals surface area (Å²) in [7, 11) is 0. The Balaban J connectivity index is 1.59. The highest BCUT2D eigenvalue weighted by Crippen LogP contribution is 2.23. The Bertz CT molecular complexity index is 1170. The summed E-state index contributed by atoms with van der Waals surface area (Å²) < 4.78 is 7.43. The SMILES string of the molecule is O=C(c1ccc(Cl)cc1)N(Cc1ccco1)Cc1nccn1Cc1ccc(Cl)cc1Cl. The summed E-state index contributed by atoms with van der Waals surface area (Å²) in [5.41, 5.74) is 1.45. The molecule has 4 aromatic rings. The van der Waals surface area contributed by atoms with Gasteiger partial charge in [0.1, 0.15) is 11.6 Å². The van der Waals surface area contributed by atoms with Crippen molar-refractivity contribution in [2.24, 2.45) is 0 Å². The van der Waals surface area contributed by atoms with Gasteiger partial charge in [0.15, 0.2) is 0 Å². The van der Waals surface area contributed by atoms with Crippen molar-refractivity contribution in [3.05, 3.63) is 111 Å². The maximum Gasteiger partial charge on any atom is 0.254 e. The summed E-state index contributed by atoms with van der Waals surface area (Å²) in [5.74, 6) is 1.26. The molecular formula is C23H18Cl3N3O2. The fraction of sp³-hybridized carbons (Fsp3) is 0.130. The Morgan fingerprint density at radius 2 is 1.77 bits per heavy atom. The Kier molecular flexibility index (Phi) is 6.66. The van der Waals surface area contributed by atoms with E-state index < -0.39 is 0 Å². The number of carbonyl (C=O) groups is 1. The van der Waals surface area contributed by atoms with Crippen LogP contribution in [0, 0.1) is 0 Å². The third kappa shape index (κ3) is 5.31. The monoisotopic (exact) mass is 473 g/mol. The third-order valence-corrected chi connectivity index (χ3v) is 5.63. The van der Waals surface area contributed by atoms with Gasteiger partial charge in [0, 0.05) is 33.0 Å². The molecule has 0 bridgehead atoms. The largest absolute Gasteiger partial charge is 0.467 e. The van der Waals surface area contributed by atoms with Gasteiger partial charge >= 0.3 is 0 Å². The van der Waals surface area contributed by atoms with E-state index in [4.69, 9.17) is 39.2 Å². The van der Waals surface area contributed by atoms with Crippen LogP contribution in [-0.4, -0.2) is 20.4 Å². The van der Waals surface area contributed by atoms with Crippen molar-refractivity contribution in [1.29, 1.82) is 0 Å². The number of aromatic nitrogens is 2. The number of carbonyl (C=O) groups excluding carboxylic acids is 1. The van der Waals surface area contributed by atoms with Crippen LogP contribution in [0.3, 0.4) is 0 Å². The van der Waals surface area contributed by atoms with Gasteiger partial charge in [-0.3, -0.25) is 4.79 Å². The van der Waals surface area contributed by atoms with E-state index in [-0.39, 0.29) is 5.91 Å². The third-order valence-electron chi connectivity index (χ3n) is 4.79. The van der Waals surface area contributed by atoms with Gasteiger partial charge in [0.05, 0.1) is 25.9 Å². The molecule has 4 rings (SSSR count). The van der Waals surface area contributed by atoms with Gasteiger partial charge in [-0.05, 0) is 54.1 Å². The highest BCUT2D eigenvalue weighted by molar-refractivity contribution is 6.35. The molecule has 0 radical (unpaired) electrons. The molecule has 0 saturated carbocycles. The van der Waals surface area contributed by atoms with Crippen molar-refractivity contribution < 1.29 is 9.21 Å². The maximum absolute atomic E-state index is 13.2. The summed E-state index contributed by atoms with van der Waals surface area (Å²) in [6.07, 6.45) is 5.15. The van der Waals surface area contributed by atoms with E-state index in [2.05, 4.69) is 4.98 Å². The predicted octanol–water partition coefficient (Wildman–Crippen LogP) is 6.33. The van der Waals surface area contributed by atoms with E-state index >= 15 is 0 Å². The fourth-order valence-corrected chi connectivity index (χ4v) is 3.80. The number of furan rings is 1. The first-order valence-corrected chi connectivity index (χ1v) is 10.6. The van der Waals surface area contributed by atoms with Crippen LogP contribution in [0.4, 0.5) is 0 Å². The van der Waals surface area contributed by atoms with Gasteiger partial charge in [0.2, 0.25) is 0 Å². The molecule has 31 heavy (non-hydrogen) atoms. The van der Waals surface area contributed by atoms with E-state index in [1.807, 2.05) is 22.9 Å². The normalized spacial score (nSPS) is 10.9. The van der Waals surface area contributed by atoms with Crippen LogP contribution in [0.1, 0.15) is 27.5 Å². The fourth-order valence-electron chi connectivity index (χ4n) is 3.20. The number of halogens is 3. The van der Waals surface area contributed by atoms with E-state index in [1.165, 1.54) is 0 Å². The summed E-state index contributed by atoms with van der Waals surface area (Å²) in [6, 6.07) is 15.8.